The standard InChI is InChI=1S/C13H30Ge/c1-2-3-4-5-6-7-8-9-10-11-12-13-14/h2-13H2,1,14H3. The van der Waals surface area contributed by atoms with Crippen molar-refractivity contribution in [2.75, 3.05) is 0 Å². The van der Waals surface area contributed by atoms with Gasteiger partial charge in [-0.15, -0.1) is 0 Å². The maximum atomic E-state index is 2.29. The Hall–Kier alpha value is 0.543. The van der Waals surface area contributed by atoms with Gasteiger partial charge in [-0.2, -0.15) is 0 Å². The summed E-state index contributed by atoms with van der Waals surface area (Å²) >= 11 is 1.10. The molecule has 1 heteroatoms. The van der Waals surface area contributed by atoms with E-state index in [2.05, 4.69) is 6.92 Å². The summed E-state index contributed by atoms with van der Waals surface area (Å²) < 4.78 is 0. The van der Waals surface area contributed by atoms with Crippen molar-refractivity contribution < 1.29 is 0 Å². The quantitative estimate of drug-likeness (QED) is 0.387. The summed E-state index contributed by atoms with van der Waals surface area (Å²) in [5.41, 5.74) is 0. The van der Waals surface area contributed by atoms with Crippen molar-refractivity contribution in [1.29, 1.82) is 0 Å². The van der Waals surface area contributed by atoms with Gasteiger partial charge in [-0.3, -0.25) is 0 Å². The molecule has 0 rings (SSSR count). The van der Waals surface area contributed by atoms with Crippen LogP contribution in [0.25, 0.3) is 0 Å². The topological polar surface area (TPSA) is 0 Å². The van der Waals surface area contributed by atoms with Crippen LogP contribution in [0.2, 0.25) is 5.25 Å². The van der Waals surface area contributed by atoms with Crippen LogP contribution in [0.5, 0.6) is 0 Å². The summed E-state index contributed by atoms with van der Waals surface area (Å²) in [4.78, 5) is 0. The Balaban J connectivity index is 2.78. The molecule has 0 atom stereocenters. The van der Waals surface area contributed by atoms with E-state index in [1.807, 2.05) is 0 Å². The molecule has 86 valence electrons. The van der Waals surface area contributed by atoms with Crippen molar-refractivity contribution in [2.45, 2.75) is 82.8 Å². The van der Waals surface area contributed by atoms with E-state index in [1.54, 1.807) is 5.25 Å². The van der Waals surface area contributed by atoms with E-state index in [0.717, 1.165) is 16.5 Å². The van der Waals surface area contributed by atoms with Crippen LogP contribution in [0.1, 0.15) is 77.6 Å². The van der Waals surface area contributed by atoms with Gasteiger partial charge in [0.25, 0.3) is 0 Å². The first kappa shape index (κ1) is 14.5. The zero-order chi connectivity index (χ0) is 10.5. The van der Waals surface area contributed by atoms with E-state index in [-0.39, 0.29) is 0 Å². The van der Waals surface area contributed by atoms with Crippen LogP contribution >= 0.6 is 0 Å². The first-order chi connectivity index (χ1) is 6.91. The Bertz CT molecular complexity index is 79.2. The maximum absolute atomic E-state index is 2.29. The monoisotopic (exact) mass is 260 g/mol. The second kappa shape index (κ2) is 13.5. The molecule has 0 aromatic rings. The van der Waals surface area contributed by atoms with E-state index < -0.39 is 0 Å². The van der Waals surface area contributed by atoms with Gasteiger partial charge in [0, 0.05) is 0 Å². The molecule has 0 spiro atoms. The fourth-order valence-corrected chi connectivity index (χ4v) is 2.96. The summed E-state index contributed by atoms with van der Waals surface area (Å²) in [7, 11) is 0. The van der Waals surface area contributed by atoms with E-state index in [1.165, 1.54) is 70.6 Å². The molecule has 0 radical (unpaired) electrons. The molecule has 0 fully saturated rings. The van der Waals surface area contributed by atoms with E-state index in [4.69, 9.17) is 0 Å². The molecule has 14 heavy (non-hydrogen) atoms. The van der Waals surface area contributed by atoms with Crippen molar-refractivity contribution in [2.24, 2.45) is 0 Å². The average molecular weight is 259 g/mol. The molecule has 0 bridgehead atoms. The summed E-state index contributed by atoms with van der Waals surface area (Å²) in [6.45, 7) is 2.29. The van der Waals surface area contributed by atoms with Gasteiger partial charge >= 0.3 is 92.4 Å². The first-order valence-electron chi connectivity index (χ1n) is 6.91. The van der Waals surface area contributed by atoms with Crippen molar-refractivity contribution in [3.63, 3.8) is 0 Å². The van der Waals surface area contributed by atoms with Crippen LogP contribution in [-0.4, -0.2) is 16.5 Å². The third-order valence-electron chi connectivity index (χ3n) is 2.96. The van der Waals surface area contributed by atoms with Crippen molar-refractivity contribution in [1.82, 2.24) is 0 Å². The van der Waals surface area contributed by atoms with E-state index in [0.29, 0.717) is 0 Å². The molecule has 0 aromatic heterocycles. The second-order valence-corrected chi connectivity index (χ2v) is 6.63. The number of rotatable bonds is 11. The predicted octanol–water partition coefficient (Wildman–Crippen LogP) is 4.08. The zero-order valence-corrected chi connectivity index (χ0v) is 14.7. The van der Waals surface area contributed by atoms with Gasteiger partial charge in [-0.05, 0) is 0 Å². The van der Waals surface area contributed by atoms with Crippen LogP contribution in [0.15, 0.2) is 0 Å². The number of unbranched alkanes of at least 4 members (excludes halogenated alkanes) is 10. The molecule has 0 aromatic carbocycles. The second-order valence-electron chi connectivity index (χ2n) is 4.54. The van der Waals surface area contributed by atoms with Crippen LogP contribution in [0.3, 0.4) is 0 Å². The molecule has 0 aliphatic carbocycles. The van der Waals surface area contributed by atoms with Gasteiger partial charge in [0.1, 0.15) is 0 Å². The molecule has 0 N–H and O–H groups in total. The molecule has 0 heterocycles. The zero-order valence-electron chi connectivity index (χ0n) is 10.5. The Labute approximate surface area is 99.5 Å². The van der Waals surface area contributed by atoms with Crippen LogP contribution in [-0.2, 0) is 0 Å². The van der Waals surface area contributed by atoms with Gasteiger partial charge in [0.15, 0.2) is 0 Å². The Morgan fingerprint density at radius 2 is 0.929 bits per heavy atom. The van der Waals surface area contributed by atoms with Crippen LogP contribution in [0.4, 0.5) is 0 Å². The van der Waals surface area contributed by atoms with Crippen molar-refractivity contribution in [3.05, 3.63) is 0 Å². The van der Waals surface area contributed by atoms with E-state index in [9.17, 15) is 0 Å². The molecule has 0 aliphatic rings. The van der Waals surface area contributed by atoms with Crippen molar-refractivity contribution in [3.8, 4) is 0 Å². The first-order valence-corrected chi connectivity index (χ1v) is 9.88. The van der Waals surface area contributed by atoms with E-state index >= 15 is 0 Å². The van der Waals surface area contributed by atoms with Crippen molar-refractivity contribution >= 4 is 16.5 Å². The molecule has 0 saturated heterocycles. The van der Waals surface area contributed by atoms with Gasteiger partial charge in [-0.1, -0.05) is 6.92 Å². The molecule has 0 aliphatic heterocycles. The van der Waals surface area contributed by atoms with Gasteiger partial charge in [-0.25, -0.2) is 0 Å². The van der Waals surface area contributed by atoms with Crippen LogP contribution in [0, 0.1) is 0 Å². The molecular weight excluding hydrogens is 229 g/mol. The number of hydrogen-bond acceptors (Lipinski definition) is 0. The Morgan fingerprint density at radius 3 is 1.29 bits per heavy atom. The summed E-state index contributed by atoms with van der Waals surface area (Å²) in [6.07, 6.45) is 16.3. The molecular formula is C13H30Ge. The molecule has 0 nitrogen and oxygen atoms in total. The normalized spacial score (nSPS) is 10.9. The summed E-state index contributed by atoms with van der Waals surface area (Å²) in [6, 6.07) is 0. The van der Waals surface area contributed by atoms with Gasteiger partial charge in [0.2, 0.25) is 0 Å². The molecule has 0 amide bonds. The fraction of sp³-hybridized carbons (Fsp3) is 1.00. The Morgan fingerprint density at radius 1 is 0.571 bits per heavy atom. The predicted molar refractivity (Wildman–Crippen MR) is 71.2 cm³/mol. The van der Waals surface area contributed by atoms with Gasteiger partial charge in [0.05, 0.1) is 0 Å². The Kier molecular flexibility index (Phi) is 14.1. The third-order valence-corrected chi connectivity index (χ3v) is 4.44. The van der Waals surface area contributed by atoms with Crippen LogP contribution < -0.4 is 0 Å². The summed E-state index contributed by atoms with van der Waals surface area (Å²) in [5.74, 6) is 0. The average Bonchev–Trinajstić information content (AvgIpc) is 2.21. The SMILES string of the molecule is CCCCCCCCCCCC[CH2][GeH3]. The molecule has 0 saturated carbocycles. The third kappa shape index (κ3) is 12.5. The fourth-order valence-electron chi connectivity index (χ4n) is 1.91. The summed E-state index contributed by atoms with van der Waals surface area (Å²) in [5, 5.41) is 1.56. The minimum atomic E-state index is 1.10. The molecule has 0 unspecified atom stereocenters. The number of hydrogen-bond donors (Lipinski definition) is 0. The van der Waals surface area contributed by atoms with Gasteiger partial charge < -0.3 is 0 Å². The minimum absolute atomic E-state index is 1.10.